The summed E-state index contributed by atoms with van der Waals surface area (Å²) in [5, 5.41) is 0. The molecule has 3 rings (SSSR count). The molecule has 1 aliphatic heterocycles. The van der Waals surface area contributed by atoms with Crippen LogP contribution in [0.25, 0.3) is 0 Å². The molecule has 1 heterocycles. The number of likely N-dealkylation sites (N-methyl/N-ethyl adjacent to an activating group) is 1. The Morgan fingerprint density at radius 1 is 1.11 bits per heavy atom. The maximum absolute atomic E-state index is 12.2. The monoisotopic (exact) mass is 250 g/mol. The summed E-state index contributed by atoms with van der Waals surface area (Å²) >= 11 is 0. The van der Waals surface area contributed by atoms with Crippen molar-refractivity contribution in [1.29, 1.82) is 0 Å². The van der Waals surface area contributed by atoms with Gasteiger partial charge >= 0.3 is 0 Å². The average molecular weight is 250 g/mol. The van der Waals surface area contributed by atoms with E-state index in [1.807, 2.05) is 4.90 Å². The van der Waals surface area contributed by atoms with Crippen LogP contribution >= 0.6 is 0 Å². The Morgan fingerprint density at radius 2 is 1.72 bits per heavy atom. The van der Waals surface area contributed by atoms with Crippen molar-refractivity contribution >= 4 is 11.8 Å². The summed E-state index contributed by atoms with van der Waals surface area (Å²) < 4.78 is 0. The maximum atomic E-state index is 12.2. The van der Waals surface area contributed by atoms with E-state index in [9.17, 15) is 9.59 Å². The fourth-order valence-corrected chi connectivity index (χ4v) is 3.58. The summed E-state index contributed by atoms with van der Waals surface area (Å²) in [6, 6.07) is 0. The number of hydrogen-bond donors (Lipinski definition) is 0. The minimum atomic E-state index is 0.117. The van der Waals surface area contributed by atoms with Crippen LogP contribution in [0.2, 0.25) is 0 Å². The van der Waals surface area contributed by atoms with E-state index >= 15 is 0 Å². The molecule has 3 aliphatic rings. The zero-order chi connectivity index (χ0) is 12.7. The second kappa shape index (κ2) is 4.56. The molecule has 4 heteroatoms. The van der Waals surface area contributed by atoms with Gasteiger partial charge in [0.2, 0.25) is 11.8 Å². The van der Waals surface area contributed by atoms with E-state index in [-0.39, 0.29) is 24.3 Å². The third kappa shape index (κ3) is 2.25. The lowest BCUT2D eigenvalue weighted by Gasteiger charge is -2.24. The highest BCUT2D eigenvalue weighted by atomic mass is 16.2. The molecule has 0 radical (unpaired) electrons. The molecule has 0 N–H and O–H groups in total. The molecular weight excluding hydrogens is 228 g/mol. The molecular formula is C14H22N2O2. The molecule has 0 aromatic heterocycles. The van der Waals surface area contributed by atoms with Crippen molar-refractivity contribution in [3.63, 3.8) is 0 Å². The smallest absolute Gasteiger partial charge is 0.242 e. The van der Waals surface area contributed by atoms with Gasteiger partial charge in [-0.25, -0.2) is 0 Å². The van der Waals surface area contributed by atoms with Gasteiger partial charge in [-0.15, -0.1) is 0 Å². The van der Waals surface area contributed by atoms with Gasteiger partial charge in [-0.05, 0) is 43.9 Å². The van der Waals surface area contributed by atoms with E-state index in [0.717, 1.165) is 50.6 Å². The molecule has 2 aliphatic carbocycles. The van der Waals surface area contributed by atoms with Gasteiger partial charge in [0, 0.05) is 26.1 Å². The first-order chi connectivity index (χ1) is 8.65. The molecule has 0 aromatic rings. The lowest BCUT2D eigenvalue weighted by Crippen LogP contribution is -2.41. The molecule has 2 amide bonds. The van der Waals surface area contributed by atoms with Crippen molar-refractivity contribution in [2.45, 2.75) is 32.1 Å². The normalized spacial score (nSPS) is 33.4. The third-order valence-corrected chi connectivity index (χ3v) is 4.80. The largest absolute Gasteiger partial charge is 0.341 e. The number of fused-ring (bicyclic) bond motifs is 1. The van der Waals surface area contributed by atoms with Gasteiger partial charge in [0.1, 0.15) is 0 Å². The van der Waals surface area contributed by atoms with E-state index in [1.54, 1.807) is 11.9 Å². The van der Waals surface area contributed by atoms with Crippen molar-refractivity contribution in [2.75, 3.05) is 26.7 Å². The molecule has 0 bridgehead atoms. The summed E-state index contributed by atoms with van der Waals surface area (Å²) in [6.45, 7) is 2.01. The van der Waals surface area contributed by atoms with Gasteiger partial charge in [0.25, 0.3) is 0 Å². The Labute approximate surface area is 108 Å². The Balaban J connectivity index is 1.49. The summed E-state index contributed by atoms with van der Waals surface area (Å²) in [5.74, 6) is 2.15. The molecule has 0 spiro atoms. The van der Waals surface area contributed by atoms with Crippen LogP contribution in [0.4, 0.5) is 0 Å². The summed E-state index contributed by atoms with van der Waals surface area (Å²) in [7, 11) is 1.78. The Kier molecular flexibility index (Phi) is 3.04. The topological polar surface area (TPSA) is 40.6 Å². The van der Waals surface area contributed by atoms with Crippen LogP contribution in [0.3, 0.4) is 0 Å². The predicted octanol–water partition coefficient (Wildman–Crippen LogP) is 1.11. The van der Waals surface area contributed by atoms with Crippen molar-refractivity contribution in [3.05, 3.63) is 0 Å². The van der Waals surface area contributed by atoms with Gasteiger partial charge in [0.05, 0.1) is 6.54 Å². The summed E-state index contributed by atoms with van der Waals surface area (Å²) in [4.78, 5) is 27.7. The quantitative estimate of drug-likeness (QED) is 0.753. The van der Waals surface area contributed by atoms with Crippen LogP contribution in [0.15, 0.2) is 0 Å². The first kappa shape index (κ1) is 12.0. The number of amides is 2. The fraction of sp³-hybridized carbons (Fsp3) is 0.857. The standard InChI is InChI=1S/C14H22N2O2/c1-15(9-13(17)16-4-2-3-5-16)14(18)12-7-10-6-11(10)8-12/h10-12H,2-9H2,1H3. The second-order valence-electron chi connectivity index (χ2n) is 6.21. The minimum absolute atomic E-state index is 0.117. The molecule has 18 heavy (non-hydrogen) atoms. The lowest BCUT2D eigenvalue weighted by molar-refractivity contribution is -0.141. The second-order valence-corrected chi connectivity index (χ2v) is 6.21. The molecule has 3 fully saturated rings. The highest BCUT2D eigenvalue weighted by Gasteiger charge is 2.48. The van der Waals surface area contributed by atoms with Crippen molar-refractivity contribution in [2.24, 2.45) is 17.8 Å². The lowest BCUT2D eigenvalue weighted by atomic mass is 10.0. The highest BCUT2D eigenvalue weighted by molar-refractivity contribution is 5.86. The van der Waals surface area contributed by atoms with Crippen LogP contribution < -0.4 is 0 Å². The summed E-state index contributed by atoms with van der Waals surface area (Å²) in [6.07, 6.45) is 5.67. The molecule has 4 nitrogen and oxygen atoms in total. The number of likely N-dealkylation sites (tertiary alicyclic amines) is 1. The van der Waals surface area contributed by atoms with Crippen LogP contribution in [0.5, 0.6) is 0 Å². The average Bonchev–Trinajstić information content (AvgIpc) is 2.85. The SMILES string of the molecule is CN(CC(=O)N1CCCC1)C(=O)C1CC2CC2C1. The number of carbonyl (C=O) groups is 2. The first-order valence-corrected chi connectivity index (χ1v) is 7.18. The van der Waals surface area contributed by atoms with E-state index in [4.69, 9.17) is 0 Å². The van der Waals surface area contributed by atoms with Crippen LogP contribution in [0, 0.1) is 17.8 Å². The highest BCUT2D eigenvalue weighted by Crippen LogP contribution is 2.54. The molecule has 2 unspecified atom stereocenters. The predicted molar refractivity (Wildman–Crippen MR) is 67.8 cm³/mol. The van der Waals surface area contributed by atoms with Gasteiger partial charge in [0.15, 0.2) is 0 Å². The van der Waals surface area contributed by atoms with E-state index in [0.29, 0.717) is 0 Å². The van der Waals surface area contributed by atoms with E-state index in [2.05, 4.69) is 0 Å². The minimum Gasteiger partial charge on any atom is -0.341 e. The Morgan fingerprint density at radius 3 is 2.33 bits per heavy atom. The van der Waals surface area contributed by atoms with E-state index < -0.39 is 0 Å². The van der Waals surface area contributed by atoms with Crippen LogP contribution in [0.1, 0.15) is 32.1 Å². The van der Waals surface area contributed by atoms with Gasteiger partial charge in [-0.2, -0.15) is 0 Å². The van der Waals surface area contributed by atoms with E-state index in [1.165, 1.54) is 6.42 Å². The van der Waals surface area contributed by atoms with Crippen molar-refractivity contribution in [3.8, 4) is 0 Å². The van der Waals surface area contributed by atoms with Crippen LogP contribution in [-0.4, -0.2) is 48.3 Å². The summed E-state index contributed by atoms with van der Waals surface area (Å²) in [5.41, 5.74) is 0. The molecule has 100 valence electrons. The van der Waals surface area contributed by atoms with Gasteiger partial charge in [-0.3, -0.25) is 9.59 Å². The third-order valence-electron chi connectivity index (χ3n) is 4.80. The molecule has 2 atom stereocenters. The number of rotatable bonds is 3. The molecule has 1 saturated heterocycles. The van der Waals surface area contributed by atoms with Crippen LogP contribution in [-0.2, 0) is 9.59 Å². The Hall–Kier alpha value is -1.06. The number of nitrogens with zero attached hydrogens (tertiary/aromatic N) is 2. The maximum Gasteiger partial charge on any atom is 0.242 e. The fourth-order valence-electron chi connectivity index (χ4n) is 3.58. The zero-order valence-electron chi connectivity index (χ0n) is 11.1. The number of hydrogen-bond acceptors (Lipinski definition) is 2. The van der Waals surface area contributed by atoms with Crippen molar-refractivity contribution in [1.82, 2.24) is 9.80 Å². The molecule has 2 saturated carbocycles. The molecule has 0 aromatic carbocycles. The van der Waals surface area contributed by atoms with Crippen molar-refractivity contribution < 1.29 is 9.59 Å². The van der Waals surface area contributed by atoms with Gasteiger partial charge in [-0.1, -0.05) is 0 Å². The first-order valence-electron chi connectivity index (χ1n) is 7.18. The van der Waals surface area contributed by atoms with Gasteiger partial charge < -0.3 is 9.80 Å². The number of carbonyl (C=O) groups excluding carboxylic acids is 2. The zero-order valence-corrected chi connectivity index (χ0v) is 11.1. The Bertz CT molecular complexity index is 353.